The van der Waals surface area contributed by atoms with Crippen LogP contribution in [0.3, 0.4) is 0 Å². The maximum atomic E-state index is 11.6. The highest BCUT2D eigenvalue weighted by atomic mass is 16.5. The lowest BCUT2D eigenvalue weighted by molar-refractivity contribution is -0.255. The summed E-state index contributed by atoms with van der Waals surface area (Å²) in [6.07, 6.45) is 7.43. The number of carbonyl (C=O) groups excluding carboxylic acids is 1. The molecule has 0 saturated heterocycles. The van der Waals surface area contributed by atoms with Crippen molar-refractivity contribution in [1.82, 2.24) is 0 Å². The minimum atomic E-state index is -1.05. The SMILES string of the molecule is C=C[C@@]1(C)CC[C@@H]2[C@@]3(C)CCC[C@@](C)(COC(C)=O)[C@@H]3C[C@H](O)[C@@]2(O)C1. The van der Waals surface area contributed by atoms with Crippen LogP contribution in [-0.4, -0.2) is 34.5 Å². The van der Waals surface area contributed by atoms with Crippen LogP contribution in [0.1, 0.15) is 72.6 Å². The first kappa shape index (κ1) is 19.9. The minimum absolute atomic E-state index is 0.0381. The molecule has 0 bridgehead atoms. The van der Waals surface area contributed by atoms with Gasteiger partial charge in [-0.25, -0.2) is 0 Å². The van der Waals surface area contributed by atoms with Gasteiger partial charge in [-0.3, -0.25) is 4.79 Å². The predicted molar refractivity (Wildman–Crippen MR) is 101 cm³/mol. The van der Waals surface area contributed by atoms with Gasteiger partial charge in [-0.15, -0.1) is 6.58 Å². The molecule has 4 nitrogen and oxygen atoms in total. The first-order chi connectivity index (χ1) is 12.0. The van der Waals surface area contributed by atoms with Crippen molar-refractivity contribution in [3.05, 3.63) is 12.7 Å². The van der Waals surface area contributed by atoms with Gasteiger partial charge in [0.1, 0.15) is 0 Å². The molecule has 3 fully saturated rings. The second kappa shape index (κ2) is 6.34. The monoisotopic (exact) mass is 364 g/mol. The van der Waals surface area contributed by atoms with E-state index in [0.717, 1.165) is 32.1 Å². The zero-order valence-electron chi connectivity index (χ0n) is 16.9. The fourth-order valence-electron chi connectivity index (χ4n) is 6.86. The number of hydrogen-bond donors (Lipinski definition) is 2. The van der Waals surface area contributed by atoms with E-state index in [9.17, 15) is 15.0 Å². The van der Waals surface area contributed by atoms with Crippen LogP contribution in [0, 0.1) is 28.1 Å². The van der Waals surface area contributed by atoms with Crippen LogP contribution in [-0.2, 0) is 9.53 Å². The molecule has 0 aromatic carbocycles. The Kier molecular flexibility index (Phi) is 4.85. The fourth-order valence-corrected chi connectivity index (χ4v) is 6.86. The molecule has 0 aliphatic heterocycles. The summed E-state index contributed by atoms with van der Waals surface area (Å²) in [6.45, 7) is 12.5. The maximum Gasteiger partial charge on any atom is 0.302 e. The van der Waals surface area contributed by atoms with Crippen molar-refractivity contribution in [2.75, 3.05) is 6.61 Å². The largest absolute Gasteiger partial charge is 0.465 e. The normalized spacial score (nSPS) is 51.1. The third-order valence-corrected chi connectivity index (χ3v) is 8.33. The van der Waals surface area contributed by atoms with Gasteiger partial charge in [-0.1, -0.05) is 33.3 Å². The van der Waals surface area contributed by atoms with Gasteiger partial charge in [0.25, 0.3) is 0 Å². The second-order valence-electron chi connectivity index (χ2n) is 10.2. The lowest BCUT2D eigenvalue weighted by Crippen LogP contribution is -2.67. The maximum absolute atomic E-state index is 11.6. The molecule has 3 aliphatic carbocycles. The van der Waals surface area contributed by atoms with E-state index < -0.39 is 11.7 Å². The van der Waals surface area contributed by atoms with Gasteiger partial charge < -0.3 is 14.9 Å². The number of carbonyl (C=O) groups is 1. The Morgan fingerprint density at radius 2 is 1.92 bits per heavy atom. The molecule has 0 radical (unpaired) electrons. The quantitative estimate of drug-likeness (QED) is 0.590. The van der Waals surface area contributed by atoms with Crippen LogP contribution in [0.2, 0.25) is 0 Å². The summed E-state index contributed by atoms with van der Waals surface area (Å²) in [4.78, 5) is 11.4. The third-order valence-electron chi connectivity index (χ3n) is 8.33. The van der Waals surface area contributed by atoms with Gasteiger partial charge in [0.2, 0.25) is 0 Å². The lowest BCUT2D eigenvalue weighted by Gasteiger charge is -2.66. The molecule has 3 rings (SSSR count). The van der Waals surface area contributed by atoms with Crippen molar-refractivity contribution in [1.29, 1.82) is 0 Å². The Balaban J connectivity index is 1.94. The van der Waals surface area contributed by atoms with Crippen molar-refractivity contribution < 1.29 is 19.7 Å². The standard InChI is InChI=1S/C22H36O4/c1-6-19(3)11-8-16-21(5)10-7-9-20(4,14-26-15(2)23)17(21)12-18(24)22(16,25)13-19/h6,16-18,24-25H,1,7-14H2,2-5H3/t16-,17+,18+,19+,20+,21-,22-/m1/s1. The van der Waals surface area contributed by atoms with Crippen LogP contribution < -0.4 is 0 Å². The van der Waals surface area contributed by atoms with E-state index in [1.165, 1.54) is 6.92 Å². The molecular weight excluding hydrogens is 328 g/mol. The number of rotatable bonds is 3. The van der Waals surface area contributed by atoms with E-state index in [1.807, 2.05) is 6.08 Å². The summed E-state index contributed by atoms with van der Waals surface area (Å²) in [5, 5.41) is 22.7. The molecule has 3 saturated carbocycles. The first-order valence-corrected chi connectivity index (χ1v) is 10.2. The molecule has 26 heavy (non-hydrogen) atoms. The van der Waals surface area contributed by atoms with Crippen LogP contribution in [0.15, 0.2) is 12.7 Å². The van der Waals surface area contributed by atoms with Gasteiger partial charge in [-0.05, 0) is 61.2 Å². The molecule has 0 spiro atoms. The average Bonchev–Trinajstić information content (AvgIpc) is 2.55. The van der Waals surface area contributed by atoms with Crippen LogP contribution in [0.25, 0.3) is 0 Å². The predicted octanol–water partition coefficient (Wildman–Crippen LogP) is 3.85. The zero-order chi connectivity index (χ0) is 19.4. The van der Waals surface area contributed by atoms with Crippen molar-refractivity contribution in [2.45, 2.75) is 84.3 Å². The Hall–Kier alpha value is -0.870. The topological polar surface area (TPSA) is 66.8 Å². The summed E-state index contributed by atoms with van der Waals surface area (Å²) >= 11 is 0. The number of ether oxygens (including phenoxy) is 1. The summed E-state index contributed by atoms with van der Waals surface area (Å²) in [6, 6.07) is 0. The van der Waals surface area contributed by atoms with Gasteiger partial charge in [-0.2, -0.15) is 0 Å². The van der Waals surface area contributed by atoms with Crippen molar-refractivity contribution in [3.8, 4) is 0 Å². The van der Waals surface area contributed by atoms with Gasteiger partial charge in [0, 0.05) is 12.3 Å². The second-order valence-corrected chi connectivity index (χ2v) is 10.2. The Bertz CT molecular complexity index is 589. The van der Waals surface area contributed by atoms with Crippen molar-refractivity contribution >= 4 is 5.97 Å². The summed E-state index contributed by atoms with van der Waals surface area (Å²) < 4.78 is 5.43. The molecule has 148 valence electrons. The molecule has 0 unspecified atom stereocenters. The van der Waals surface area contributed by atoms with E-state index in [4.69, 9.17) is 4.74 Å². The Morgan fingerprint density at radius 1 is 1.23 bits per heavy atom. The number of esters is 1. The van der Waals surface area contributed by atoms with E-state index in [0.29, 0.717) is 19.4 Å². The first-order valence-electron chi connectivity index (χ1n) is 10.2. The zero-order valence-corrected chi connectivity index (χ0v) is 16.9. The average molecular weight is 365 g/mol. The highest BCUT2D eigenvalue weighted by Crippen LogP contribution is 2.66. The van der Waals surface area contributed by atoms with E-state index in [-0.39, 0.29) is 34.1 Å². The van der Waals surface area contributed by atoms with Crippen LogP contribution in [0.4, 0.5) is 0 Å². The van der Waals surface area contributed by atoms with E-state index in [2.05, 4.69) is 27.4 Å². The number of fused-ring (bicyclic) bond motifs is 3. The minimum Gasteiger partial charge on any atom is -0.465 e. The molecule has 2 N–H and O–H groups in total. The fraction of sp³-hybridized carbons (Fsp3) is 0.864. The molecule has 7 atom stereocenters. The molecule has 0 amide bonds. The molecular formula is C22H36O4. The van der Waals surface area contributed by atoms with Crippen LogP contribution in [0.5, 0.6) is 0 Å². The van der Waals surface area contributed by atoms with Gasteiger partial charge >= 0.3 is 5.97 Å². The summed E-state index contributed by atoms with van der Waals surface area (Å²) in [7, 11) is 0. The lowest BCUT2D eigenvalue weighted by atomic mass is 9.41. The number of aliphatic hydroxyl groups excluding tert-OH is 1. The molecule has 0 heterocycles. The Morgan fingerprint density at radius 3 is 2.54 bits per heavy atom. The number of aliphatic hydroxyl groups is 2. The molecule has 3 aliphatic rings. The summed E-state index contributed by atoms with van der Waals surface area (Å²) in [5.74, 6) is 0.0796. The van der Waals surface area contributed by atoms with Crippen molar-refractivity contribution in [2.24, 2.45) is 28.1 Å². The molecule has 4 heteroatoms. The van der Waals surface area contributed by atoms with Crippen molar-refractivity contribution in [3.63, 3.8) is 0 Å². The molecule has 0 aromatic rings. The van der Waals surface area contributed by atoms with Gasteiger partial charge in [0.05, 0.1) is 18.3 Å². The highest BCUT2D eigenvalue weighted by molar-refractivity contribution is 5.65. The smallest absolute Gasteiger partial charge is 0.302 e. The number of hydrogen-bond acceptors (Lipinski definition) is 4. The van der Waals surface area contributed by atoms with E-state index >= 15 is 0 Å². The highest BCUT2D eigenvalue weighted by Gasteiger charge is 2.65. The van der Waals surface area contributed by atoms with Crippen LogP contribution >= 0.6 is 0 Å². The Labute approximate surface area is 158 Å². The number of allylic oxidation sites excluding steroid dienone is 1. The molecule has 0 aromatic heterocycles. The van der Waals surface area contributed by atoms with E-state index in [1.54, 1.807) is 0 Å². The third kappa shape index (κ3) is 2.93. The summed E-state index contributed by atoms with van der Waals surface area (Å²) in [5.41, 5.74) is -1.35. The van der Waals surface area contributed by atoms with Gasteiger partial charge in [0.15, 0.2) is 0 Å².